The fourth-order valence-electron chi connectivity index (χ4n) is 4.71. The number of imidazole rings is 1. The number of nitrogens with zero attached hydrogens (tertiary/aromatic N) is 5. The Kier molecular flexibility index (Phi) is 5.49. The summed E-state index contributed by atoms with van der Waals surface area (Å²) >= 11 is 0. The van der Waals surface area contributed by atoms with Crippen LogP contribution in [0.3, 0.4) is 0 Å². The van der Waals surface area contributed by atoms with Crippen molar-refractivity contribution in [2.24, 2.45) is 19.8 Å². The number of nitrogens with two attached hydrogens (primary N) is 1. The molecule has 0 fully saturated rings. The molecule has 2 aromatic heterocycles. The van der Waals surface area contributed by atoms with E-state index >= 15 is 0 Å². The number of hydrogen-bond acceptors (Lipinski definition) is 5. The molecular formula is C29H22N6O. The van der Waals surface area contributed by atoms with Crippen LogP contribution in [0, 0.1) is 22.7 Å². The molecular weight excluding hydrogens is 448 g/mol. The summed E-state index contributed by atoms with van der Waals surface area (Å²) in [5.74, 6) is 0. The lowest BCUT2D eigenvalue weighted by Crippen LogP contribution is -2.41. The minimum Gasteiger partial charge on any atom is -0.336 e. The smallest absolute Gasteiger partial charge is 0.251 e. The molecule has 0 bridgehead atoms. The van der Waals surface area contributed by atoms with E-state index in [0.29, 0.717) is 11.1 Å². The second-order valence-electron chi connectivity index (χ2n) is 8.77. The standard InChI is InChI=1S/C29H22N6O/c1-34-18-33-17-27(34)29(32,22-8-6-19(15-30)7-9-22)23-10-11-26-25(13-23)24(14-28(36)35(26)2)21-5-3-4-20(12-21)16-31/h3-14,17-18H,32H2,1-2H3/t29-/m1/s1. The Hall–Kier alpha value is -4.98. The summed E-state index contributed by atoms with van der Waals surface area (Å²) in [5.41, 5.74) is 11.6. The van der Waals surface area contributed by atoms with E-state index in [1.54, 1.807) is 60.5 Å². The first kappa shape index (κ1) is 22.8. The molecule has 5 aromatic rings. The fourth-order valence-corrected chi connectivity index (χ4v) is 4.71. The lowest BCUT2D eigenvalue weighted by Gasteiger charge is -2.31. The molecule has 0 aliphatic rings. The van der Waals surface area contributed by atoms with Crippen LogP contribution >= 0.6 is 0 Å². The highest BCUT2D eigenvalue weighted by atomic mass is 16.1. The first-order valence-electron chi connectivity index (χ1n) is 11.3. The normalized spacial score (nSPS) is 12.6. The van der Waals surface area contributed by atoms with Gasteiger partial charge in [-0.15, -0.1) is 0 Å². The highest BCUT2D eigenvalue weighted by molar-refractivity contribution is 5.95. The van der Waals surface area contributed by atoms with Crippen molar-refractivity contribution in [2.75, 3.05) is 0 Å². The number of aromatic nitrogens is 3. The SMILES string of the molecule is Cn1cncc1[C@@](N)(c1ccc(C#N)cc1)c1ccc2c(c1)c(-c1cccc(C#N)c1)cc(=O)n2C. The molecule has 0 amide bonds. The second-order valence-corrected chi connectivity index (χ2v) is 8.77. The Labute approximate surface area is 207 Å². The van der Waals surface area contributed by atoms with Crippen molar-refractivity contribution < 1.29 is 0 Å². The topological polar surface area (TPSA) is 113 Å². The maximum Gasteiger partial charge on any atom is 0.251 e. The summed E-state index contributed by atoms with van der Waals surface area (Å²) in [6.07, 6.45) is 3.44. The predicted octanol–water partition coefficient (Wildman–Crippen LogP) is 3.93. The van der Waals surface area contributed by atoms with Gasteiger partial charge in [0.2, 0.25) is 0 Å². The van der Waals surface area contributed by atoms with Crippen molar-refractivity contribution in [3.63, 3.8) is 0 Å². The monoisotopic (exact) mass is 470 g/mol. The Morgan fingerprint density at radius 3 is 2.28 bits per heavy atom. The molecule has 1 atom stereocenters. The molecule has 0 spiro atoms. The fraction of sp³-hybridized carbons (Fsp3) is 0.103. The first-order valence-corrected chi connectivity index (χ1v) is 11.3. The number of rotatable bonds is 4. The molecule has 5 rings (SSSR count). The number of hydrogen-bond donors (Lipinski definition) is 1. The van der Waals surface area contributed by atoms with E-state index in [1.807, 2.05) is 48.0 Å². The minimum atomic E-state index is -1.09. The summed E-state index contributed by atoms with van der Waals surface area (Å²) < 4.78 is 3.47. The zero-order valence-electron chi connectivity index (χ0n) is 19.8. The molecule has 0 radical (unpaired) electrons. The van der Waals surface area contributed by atoms with E-state index in [9.17, 15) is 15.3 Å². The first-order chi connectivity index (χ1) is 17.4. The Bertz CT molecular complexity index is 1770. The Morgan fingerprint density at radius 1 is 0.889 bits per heavy atom. The Morgan fingerprint density at radius 2 is 1.61 bits per heavy atom. The summed E-state index contributed by atoms with van der Waals surface area (Å²) in [6, 6.07) is 26.1. The average molecular weight is 471 g/mol. The Balaban J connectivity index is 1.83. The molecule has 0 aliphatic carbocycles. The van der Waals surface area contributed by atoms with E-state index in [4.69, 9.17) is 5.73 Å². The van der Waals surface area contributed by atoms with Gasteiger partial charge in [-0.3, -0.25) is 4.79 Å². The third-order valence-corrected chi connectivity index (χ3v) is 6.69. The van der Waals surface area contributed by atoms with Gasteiger partial charge in [-0.2, -0.15) is 10.5 Å². The van der Waals surface area contributed by atoms with Crippen molar-refractivity contribution >= 4 is 10.9 Å². The van der Waals surface area contributed by atoms with Gasteiger partial charge < -0.3 is 14.9 Å². The van der Waals surface area contributed by atoms with Crippen LogP contribution in [0.4, 0.5) is 0 Å². The zero-order valence-corrected chi connectivity index (χ0v) is 19.8. The molecule has 0 unspecified atom stereocenters. The number of fused-ring (bicyclic) bond motifs is 1. The van der Waals surface area contributed by atoms with Crippen molar-refractivity contribution in [3.8, 4) is 23.3 Å². The van der Waals surface area contributed by atoms with Crippen molar-refractivity contribution in [1.82, 2.24) is 14.1 Å². The van der Waals surface area contributed by atoms with Gasteiger partial charge in [0.15, 0.2) is 0 Å². The van der Waals surface area contributed by atoms with E-state index in [0.717, 1.165) is 38.9 Å². The van der Waals surface area contributed by atoms with E-state index in [2.05, 4.69) is 17.1 Å². The molecule has 7 nitrogen and oxygen atoms in total. The van der Waals surface area contributed by atoms with Crippen molar-refractivity contribution in [2.45, 2.75) is 5.54 Å². The number of nitriles is 2. The summed E-state index contributed by atoms with van der Waals surface area (Å²) in [6.45, 7) is 0. The number of pyridine rings is 1. The van der Waals surface area contributed by atoms with Crippen LogP contribution in [-0.2, 0) is 19.6 Å². The predicted molar refractivity (Wildman–Crippen MR) is 138 cm³/mol. The van der Waals surface area contributed by atoms with Crippen LogP contribution in [-0.4, -0.2) is 14.1 Å². The molecule has 7 heteroatoms. The number of benzene rings is 3. The molecule has 2 N–H and O–H groups in total. The number of aryl methyl sites for hydroxylation is 2. The van der Waals surface area contributed by atoms with Gasteiger partial charge in [0.25, 0.3) is 5.56 Å². The second kappa shape index (κ2) is 8.66. The van der Waals surface area contributed by atoms with E-state index in [1.165, 1.54) is 0 Å². The summed E-state index contributed by atoms with van der Waals surface area (Å²) in [4.78, 5) is 17.1. The minimum absolute atomic E-state index is 0.148. The highest BCUT2D eigenvalue weighted by Crippen LogP contribution is 2.37. The van der Waals surface area contributed by atoms with Crippen molar-refractivity contribution in [1.29, 1.82) is 10.5 Å². The molecule has 0 aliphatic heterocycles. The molecule has 3 aromatic carbocycles. The third kappa shape index (κ3) is 3.56. The molecule has 2 heterocycles. The zero-order chi connectivity index (χ0) is 25.4. The quantitative estimate of drug-likeness (QED) is 0.427. The van der Waals surface area contributed by atoms with Crippen molar-refractivity contribution in [3.05, 3.63) is 124 Å². The van der Waals surface area contributed by atoms with Gasteiger partial charge in [-0.1, -0.05) is 30.3 Å². The van der Waals surface area contributed by atoms with Crippen LogP contribution in [0.5, 0.6) is 0 Å². The largest absolute Gasteiger partial charge is 0.336 e. The van der Waals surface area contributed by atoms with Crippen LogP contribution in [0.25, 0.3) is 22.0 Å². The van der Waals surface area contributed by atoms with E-state index in [-0.39, 0.29) is 5.56 Å². The van der Waals surface area contributed by atoms with E-state index < -0.39 is 5.54 Å². The van der Waals surface area contributed by atoms with Gasteiger partial charge in [0.1, 0.15) is 5.54 Å². The summed E-state index contributed by atoms with van der Waals surface area (Å²) in [7, 11) is 3.62. The highest BCUT2D eigenvalue weighted by Gasteiger charge is 2.35. The molecule has 36 heavy (non-hydrogen) atoms. The summed E-state index contributed by atoms with van der Waals surface area (Å²) in [5, 5.41) is 19.5. The third-order valence-electron chi connectivity index (χ3n) is 6.69. The maximum atomic E-state index is 12.8. The van der Waals surface area contributed by atoms with Crippen LogP contribution in [0.2, 0.25) is 0 Å². The molecule has 0 saturated heterocycles. The molecule has 0 saturated carbocycles. The van der Waals surface area contributed by atoms with Gasteiger partial charge in [-0.05, 0) is 58.7 Å². The average Bonchev–Trinajstić information content (AvgIpc) is 3.36. The maximum absolute atomic E-state index is 12.8. The lowest BCUT2D eigenvalue weighted by atomic mass is 9.80. The lowest BCUT2D eigenvalue weighted by molar-refractivity contribution is 0.596. The van der Waals surface area contributed by atoms with Crippen LogP contribution in [0.15, 0.2) is 90.1 Å². The van der Waals surface area contributed by atoms with Crippen LogP contribution in [0.1, 0.15) is 27.9 Å². The van der Waals surface area contributed by atoms with Gasteiger partial charge in [0, 0.05) is 25.5 Å². The van der Waals surface area contributed by atoms with Gasteiger partial charge >= 0.3 is 0 Å². The van der Waals surface area contributed by atoms with Gasteiger partial charge in [0.05, 0.1) is 47.0 Å². The van der Waals surface area contributed by atoms with Gasteiger partial charge in [-0.25, -0.2) is 4.98 Å². The van der Waals surface area contributed by atoms with Crippen LogP contribution < -0.4 is 11.3 Å². The molecule has 174 valence electrons.